The molecular weight excluding hydrogens is 401 g/mol. The third-order valence-corrected chi connectivity index (χ3v) is 4.62. The summed E-state index contributed by atoms with van der Waals surface area (Å²) in [4.78, 5) is 9.40. The van der Waals surface area contributed by atoms with E-state index in [-0.39, 0.29) is 24.0 Å². The van der Waals surface area contributed by atoms with Crippen molar-refractivity contribution in [2.45, 2.75) is 65.6 Å². The van der Waals surface area contributed by atoms with Crippen LogP contribution in [0.5, 0.6) is 0 Å². The van der Waals surface area contributed by atoms with E-state index in [4.69, 9.17) is 0 Å². The topological polar surface area (TPSA) is 42.9 Å². The first-order valence-electron chi connectivity index (χ1n) is 8.93. The Kier molecular flexibility index (Phi) is 12.3. The smallest absolute Gasteiger partial charge is 0.191 e. The Bertz CT molecular complexity index is 325. The number of likely N-dealkylation sites (N-methyl/N-ethyl adjacent to an activating group) is 1. The van der Waals surface area contributed by atoms with Gasteiger partial charge in [-0.15, -0.1) is 24.0 Å². The lowest BCUT2D eigenvalue weighted by Gasteiger charge is -2.30. The van der Waals surface area contributed by atoms with Crippen LogP contribution >= 0.6 is 24.0 Å². The lowest BCUT2D eigenvalue weighted by molar-refractivity contribution is 0.178. The van der Waals surface area contributed by atoms with Crippen LogP contribution in [0.4, 0.5) is 0 Å². The Morgan fingerprint density at radius 3 is 2.39 bits per heavy atom. The fraction of sp³-hybridized carbons (Fsp3) is 0.941. The lowest BCUT2D eigenvalue weighted by atomic mass is 10.2. The Balaban J connectivity index is 0.00000484. The summed E-state index contributed by atoms with van der Waals surface area (Å²) in [6, 6.07) is 1.81. The van der Waals surface area contributed by atoms with Gasteiger partial charge in [0.25, 0.3) is 0 Å². The minimum Gasteiger partial charge on any atom is -0.355 e. The van der Waals surface area contributed by atoms with Crippen molar-refractivity contribution in [2.75, 3.05) is 39.8 Å². The van der Waals surface area contributed by atoms with Gasteiger partial charge < -0.3 is 10.6 Å². The van der Waals surface area contributed by atoms with Gasteiger partial charge in [-0.1, -0.05) is 6.92 Å². The number of likely N-dealkylation sites (tertiary alicyclic amines) is 1. The third kappa shape index (κ3) is 8.03. The van der Waals surface area contributed by atoms with Gasteiger partial charge in [0, 0.05) is 44.8 Å². The number of nitrogens with one attached hydrogen (secondary N) is 2. The first-order chi connectivity index (χ1) is 10.5. The van der Waals surface area contributed by atoms with Crippen LogP contribution in [-0.2, 0) is 0 Å². The molecule has 0 radical (unpaired) electrons. The second-order valence-corrected chi connectivity index (χ2v) is 6.73. The van der Waals surface area contributed by atoms with E-state index < -0.39 is 0 Å². The first kappa shape index (κ1) is 22.9. The van der Waals surface area contributed by atoms with Gasteiger partial charge >= 0.3 is 0 Å². The minimum atomic E-state index is 0. The van der Waals surface area contributed by atoms with Crippen molar-refractivity contribution in [3.8, 4) is 0 Å². The van der Waals surface area contributed by atoms with E-state index in [1.54, 1.807) is 0 Å². The molecule has 1 fully saturated rings. The van der Waals surface area contributed by atoms with E-state index in [0.717, 1.165) is 32.1 Å². The largest absolute Gasteiger partial charge is 0.355 e. The van der Waals surface area contributed by atoms with Crippen molar-refractivity contribution in [3.05, 3.63) is 0 Å². The Hall–Kier alpha value is -0.0800. The molecule has 2 N–H and O–H groups in total. The summed E-state index contributed by atoms with van der Waals surface area (Å²) >= 11 is 0. The molecule has 0 aromatic heterocycles. The summed E-state index contributed by atoms with van der Waals surface area (Å²) in [5.74, 6) is 0.926. The van der Waals surface area contributed by atoms with E-state index in [1.165, 1.54) is 19.4 Å². The minimum absolute atomic E-state index is 0. The SMILES string of the molecule is CCN1CCCC1CNC(=NC)NCCN(C(C)C)C(C)C.I. The molecule has 138 valence electrons. The molecule has 1 aliphatic rings. The molecule has 1 atom stereocenters. The predicted molar refractivity (Wildman–Crippen MR) is 112 cm³/mol. The zero-order valence-electron chi connectivity index (χ0n) is 15.9. The second-order valence-electron chi connectivity index (χ2n) is 6.73. The van der Waals surface area contributed by atoms with Crippen LogP contribution in [0.1, 0.15) is 47.5 Å². The van der Waals surface area contributed by atoms with Crippen molar-refractivity contribution in [1.82, 2.24) is 20.4 Å². The van der Waals surface area contributed by atoms with Crippen molar-refractivity contribution >= 4 is 29.9 Å². The molecule has 0 aromatic carbocycles. The fourth-order valence-corrected chi connectivity index (χ4v) is 3.39. The molecule has 1 heterocycles. The molecule has 1 unspecified atom stereocenters. The lowest BCUT2D eigenvalue weighted by Crippen LogP contribution is -2.48. The molecule has 0 spiro atoms. The summed E-state index contributed by atoms with van der Waals surface area (Å²) in [7, 11) is 1.85. The van der Waals surface area contributed by atoms with Gasteiger partial charge in [0.05, 0.1) is 0 Å². The number of rotatable bonds is 8. The quantitative estimate of drug-likeness (QED) is 0.346. The van der Waals surface area contributed by atoms with Gasteiger partial charge in [-0.2, -0.15) is 0 Å². The summed E-state index contributed by atoms with van der Waals surface area (Å²) in [5.41, 5.74) is 0. The number of hydrogen-bond acceptors (Lipinski definition) is 3. The average molecular weight is 439 g/mol. The Morgan fingerprint density at radius 2 is 1.87 bits per heavy atom. The zero-order valence-corrected chi connectivity index (χ0v) is 18.3. The van der Waals surface area contributed by atoms with Gasteiger partial charge in [0.2, 0.25) is 0 Å². The molecule has 0 amide bonds. The normalized spacial score (nSPS) is 19.5. The van der Waals surface area contributed by atoms with Crippen LogP contribution in [0.2, 0.25) is 0 Å². The molecular formula is C17H38IN5. The molecule has 1 rings (SSSR count). The predicted octanol–water partition coefficient (Wildman–Crippen LogP) is 2.37. The molecule has 23 heavy (non-hydrogen) atoms. The van der Waals surface area contributed by atoms with Crippen molar-refractivity contribution in [2.24, 2.45) is 4.99 Å². The molecule has 0 bridgehead atoms. The molecule has 0 aliphatic carbocycles. The molecule has 6 heteroatoms. The summed E-state index contributed by atoms with van der Waals surface area (Å²) in [5, 5.41) is 6.93. The number of guanidine groups is 1. The van der Waals surface area contributed by atoms with E-state index in [0.29, 0.717) is 18.1 Å². The van der Waals surface area contributed by atoms with E-state index >= 15 is 0 Å². The monoisotopic (exact) mass is 439 g/mol. The van der Waals surface area contributed by atoms with Gasteiger partial charge in [0.15, 0.2) is 5.96 Å². The van der Waals surface area contributed by atoms with Crippen LogP contribution < -0.4 is 10.6 Å². The Labute approximate surface area is 160 Å². The van der Waals surface area contributed by atoms with Crippen molar-refractivity contribution in [1.29, 1.82) is 0 Å². The van der Waals surface area contributed by atoms with Gasteiger partial charge in [-0.3, -0.25) is 14.8 Å². The molecule has 1 aliphatic heterocycles. The van der Waals surface area contributed by atoms with Gasteiger partial charge in [-0.25, -0.2) is 0 Å². The fourth-order valence-electron chi connectivity index (χ4n) is 3.39. The van der Waals surface area contributed by atoms with E-state index in [9.17, 15) is 0 Å². The third-order valence-electron chi connectivity index (χ3n) is 4.62. The highest BCUT2D eigenvalue weighted by Gasteiger charge is 2.22. The maximum Gasteiger partial charge on any atom is 0.191 e. The first-order valence-corrected chi connectivity index (χ1v) is 8.93. The highest BCUT2D eigenvalue weighted by molar-refractivity contribution is 14.0. The van der Waals surface area contributed by atoms with Crippen LogP contribution in [-0.4, -0.2) is 73.7 Å². The van der Waals surface area contributed by atoms with Crippen molar-refractivity contribution < 1.29 is 0 Å². The zero-order chi connectivity index (χ0) is 16.5. The maximum atomic E-state index is 4.34. The van der Waals surface area contributed by atoms with Gasteiger partial charge in [-0.05, 0) is 53.6 Å². The maximum absolute atomic E-state index is 4.34. The molecule has 0 saturated carbocycles. The van der Waals surface area contributed by atoms with E-state index in [2.05, 4.69) is 60.0 Å². The van der Waals surface area contributed by atoms with E-state index in [1.807, 2.05) is 7.05 Å². The summed E-state index contributed by atoms with van der Waals surface area (Å²) < 4.78 is 0. The highest BCUT2D eigenvalue weighted by atomic mass is 127. The van der Waals surface area contributed by atoms with Crippen molar-refractivity contribution in [3.63, 3.8) is 0 Å². The van der Waals surface area contributed by atoms with Crippen LogP contribution in [0, 0.1) is 0 Å². The molecule has 0 aromatic rings. The highest BCUT2D eigenvalue weighted by Crippen LogP contribution is 2.15. The van der Waals surface area contributed by atoms with Gasteiger partial charge in [0.1, 0.15) is 0 Å². The number of hydrogen-bond donors (Lipinski definition) is 2. The summed E-state index contributed by atoms with van der Waals surface area (Å²) in [6.45, 7) is 16.6. The number of nitrogens with zero attached hydrogens (tertiary/aromatic N) is 3. The second kappa shape index (κ2) is 12.3. The van der Waals surface area contributed by atoms with Crippen LogP contribution in [0.25, 0.3) is 0 Å². The molecule has 1 saturated heterocycles. The molecule has 5 nitrogen and oxygen atoms in total. The number of halogens is 1. The number of aliphatic imine (C=N–C) groups is 1. The standard InChI is InChI=1S/C17H37N5.HI/c1-7-21-11-8-9-16(21)13-20-17(18-6)19-10-12-22(14(2)3)15(4)5;/h14-16H,7-13H2,1-6H3,(H2,18,19,20);1H. The van der Waals surface area contributed by atoms with Crippen LogP contribution in [0.3, 0.4) is 0 Å². The van der Waals surface area contributed by atoms with Crippen LogP contribution in [0.15, 0.2) is 4.99 Å². The Morgan fingerprint density at radius 1 is 1.22 bits per heavy atom. The average Bonchev–Trinajstić information content (AvgIpc) is 2.93. The summed E-state index contributed by atoms with van der Waals surface area (Å²) in [6.07, 6.45) is 2.62.